The number of fused-ring (bicyclic) bond motifs is 1. The van der Waals surface area contributed by atoms with Gasteiger partial charge in [-0.15, -0.1) is 20.4 Å². The second-order valence-corrected chi connectivity index (χ2v) is 4.59. The lowest BCUT2D eigenvalue weighted by atomic mass is 10.2. The summed E-state index contributed by atoms with van der Waals surface area (Å²) in [7, 11) is 0. The SMILES string of the molecule is S=c1[nH]nc2nnc(-c3ccc(Cl)c(Cl)c3)nn12. The van der Waals surface area contributed by atoms with E-state index in [0.717, 1.165) is 0 Å². The lowest BCUT2D eigenvalue weighted by Crippen LogP contribution is -2.01. The molecule has 0 aliphatic heterocycles. The summed E-state index contributed by atoms with van der Waals surface area (Å²) in [5.74, 6) is 0.697. The quantitative estimate of drug-likeness (QED) is 0.699. The Bertz CT molecular complexity index is 795. The summed E-state index contributed by atoms with van der Waals surface area (Å²) >= 11 is 16.8. The maximum absolute atomic E-state index is 5.94. The number of benzene rings is 1. The van der Waals surface area contributed by atoms with Gasteiger partial charge in [-0.2, -0.15) is 4.52 Å². The van der Waals surface area contributed by atoms with Crippen molar-refractivity contribution in [3.63, 3.8) is 0 Å². The van der Waals surface area contributed by atoms with Crippen LogP contribution in [0.5, 0.6) is 0 Å². The van der Waals surface area contributed by atoms with Crippen LogP contribution in [-0.4, -0.2) is 30.0 Å². The third-order valence-corrected chi connectivity index (χ3v) is 3.24. The molecule has 0 radical (unpaired) electrons. The van der Waals surface area contributed by atoms with Crippen LogP contribution in [0.15, 0.2) is 18.2 Å². The molecule has 90 valence electrons. The van der Waals surface area contributed by atoms with Crippen LogP contribution in [0.25, 0.3) is 17.2 Å². The van der Waals surface area contributed by atoms with Gasteiger partial charge in [-0.05, 0) is 30.4 Å². The zero-order valence-corrected chi connectivity index (χ0v) is 11.0. The van der Waals surface area contributed by atoms with Gasteiger partial charge in [0, 0.05) is 5.56 Å². The first-order chi connectivity index (χ1) is 8.65. The highest BCUT2D eigenvalue weighted by Crippen LogP contribution is 2.26. The van der Waals surface area contributed by atoms with Crippen LogP contribution in [0.1, 0.15) is 0 Å². The Morgan fingerprint density at radius 1 is 1.17 bits per heavy atom. The second-order valence-electron chi connectivity index (χ2n) is 3.39. The van der Waals surface area contributed by atoms with Gasteiger partial charge in [0.05, 0.1) is 10.0 Å². The molecule has 2 heterocycles. The van der Waals surface area contributed by atoms with Gasteiger partial charge in [0.25, 0.3) is 5.78 Å². The van der Waals surface area contributed by atoms with Crippen molar-refractivity contribution in [1.82, 2.24) is 30.0 Å². The first kappa shape index (κ1) is 11.5. The van der Waals surface area contributed by atoms with Gasteiger partial charge in [-0.3, -0.25) is 0 Å². The summed E-state index contributed by atoms with van der Waals surface area (Å²) in [6.07, 6.45) is 0. The van der Waals surface area contributed by atoms with Crippen molar-refractivity contribution in [3.8, 4) is 11.4 Å². The van der Waals surface area contributed by atoms with E-state index < -0.39 is 0 Å². The summed E-state index contributed by atoms with van der Waals surface area (Å²) < 4.78 is 1.74. The minimum Gasteiger partial charge on any atom is -0.248 e. The largest absolute Gasteiger partial charge is 0.289 e. The molecule has 0 aliphatic carbocycles. The van der Waals surface area contributed by atoms with Crippen LogP contribution in [-0.2, 0) is 0 Å². The molecule has 3 rings (SSSR count). The van der Waals surface area contributed by atoms with E-state index in [1.54, 1.807) is 18.2 Å². The van der Waals surface area contributed by atoms with Crippen LogP contribution < -0.4 is 0 Å². The van der Waals surface area contributed by atoms with Gasteiger partial charge in [-0.1, -0.05) is 23.2 Å². The summed E-state index contributed by atoms with van der Waals surface area (Å²) in [6.45, 7) is 0. The maximum Gasteiger partial charge on any atom is 0.289 e. The molecule has 18 heavy (non-hydrogen) atoms. The predicted molar refractivity (Wildman–Crippen MR) is 69.2 cm³/mol. The van der Waals surface area contributed by atoms with Crippen LogP contribution in [0, 0.1) is 4.77 Å². The topological polar surface area (TPSA) is 71.8 Å². The number of hydrogen-bond acceptors (Lipinski definition) is 5. The zero-order chi connectivity index (χ0) is 12.7. The molecule has 0 atom stereocenters. The van der Waals surface area contributed by atoms with Crippen LogP contribution >= 0.6 is 35.4 Å². The molecular weight excluding hydrogens is 295 g/mol. The highest BCUT2D eigenvalue weighted by molar-refractivity contribution is 7.71. The predicted octanol–water partition coefficient (Wildman–Crippen LogP) is 2.55. The Kier molecular flexibility index (Phi) is 2.73. The molecule has 0 saturated heterocycles. The number of aromatic nitrogens is 6. The molecule has 0 spiro atoms. The first-order valence-corrected chi connectivity index (χ1v) is 5.95. The van der Waals surface area contributed by atoms with Crippen LogP contribution in [0.3, 0.4) is 0 Å². The van der Waals surface area contributed by atoms with Crippen molar-refractivity contribution in [1.29, 1.82) is 0 Å². The van der Waals surface area contributed by atoms with Gasteiger partial charge >= 0.3 is 0 Å². The first-order valence-electron chi connectivity index (χ1n) is 4.79. The van der Waals surface area contributed by atoms with Gasteiger partial charge in [0.15, 0.2) is 0 Å². The number of nitrogens with one attached hydrogen (secondary N) is 1. The Hall–Kier alpha value is -1.57. The molecule has 0 saturated carbocycles. The zero-order valence-electron chi connectivity index (χ0n) is 8.63. The van der Waals surface area contributed by atoms with E-state index in [0.29, 0.717) is 32.0 Å². The normalized spacial score (nSPS) is 11.0. The van der Waals surface area contributed by atoms with E-state index in [1.165, 1.54) is 4.52 Å². The van der Waals surface area contributed by atoms with Crippen LogP contribution in [0.4, 0.5) is 0 Å². The summed E-state index contributed by atoms with van der Waals surface area (Å²) in [6, 6.07) is 5.08. The molecule has 0 fully saturated rings. The molecule has 0 bridgehead atoms. The highest BCUT2D eigenvalue weighted by atomic mass is 35.5. The van der Waals surface area contributed by atoms with Gasteiger partial charge in [-0.25, -0.2) is 5.10 Å². The third kappa shape index (κ3) is 1.86. The summed E-state index contributed by atoms with van der Waals surface area (Å²) in [5, 5.41) is 19.4. The summed E-state index contributed by atoms with van der Waals surface area (Å²) in [5.41, 5.74) is 0.696. The molecule has 2 aromatic heterocycles. The number of aromatic amines is 1. The fourth-order valence-corrected chi connectivity index (χ4v) is 1.86. The smallest absolute Gasteiger partial charge is 0.248 e. The Balaban J connectivity index is 2.21. The standard InChI is InChI=1S/C9H4Cl2N6S/c10-5-2-1-4(3-6(5)11)7-12-13-8-14-15-9(18)17(8)16-7/h1-3H,(H,15,18). The van der Waals surface area contributed by atoms with E-state index in [4.69, 9.17) is 35.4 Å². The Morgan fingerprint density at radius 3 is 2.78 bits per heavy atom. The molecule has 0 amide bonds. The van der Waals surface area contributed by atoms with E-state index in [1.807, 2.05) is 0 Å². The van der Waals surface area contributed by atoms with E-state index in [9.17, 15) is 0 Å². The molecule has 0 unspecified atom stereocenters. The third-order valence-electron chi connectivity index (χ3n) is 2.24. The minimum absolute atomic E-state index is 0.309. The molecule has 9 heteroatoms. The highest BCUT2D eigenvalue weighted by Gasteiger charge is 2.08. The van der Waals surface area contributed by atoms with Gasteiger partial charge in [0.2, 0.25) is 10.6 Å². The van der Waals surface area contributed by atoms with Crippen molar-refractivity contribution >= 4 is 41.2 Å². The fraction of sp³-hybridized carbons (Fsp3) is 0. The monoisotopic (exact) mass is 298 g/mol. The Morgan fingerprint density at radius 2 is 2.00 bits per heavy atom. The van der Waals surface area contributed by atoms with Crippen molar-refractivity contribution in [2.75, 3.05) is 0 Å². The lowest BCUT2D eigenvalue weighted by molar-refractivity contribution is 0.828. The number of rotatable bonds is 1. The average molecular weight is 299 g/mol. The van der Waals surface area contributed by atoms with Gasteiger partial charge in [0.1, 0.15) is 0 Å². The lowest BCUT2D eigenvalue weighted by Gasteiger charge is -2.01. The number of H-pyrrole nitrogens is 1. The second kappa shape index (κ2) is 4.27. The maximum atomic E-state index is 5.94. The molecule has 1 N–H and O–H groups in total. The summed E-state index contributed by atoms with van der Waals surface area (Å²) in [4.78, 5) is 0. The van der Waals surface area contributed by atoms with Gasteiger partial charge < -0.3 is 0 Å². The van der Waals surface area contributed by atoms with E-state index >= 15 is 0 Å². The fourth-order valence-electron chi connectivity index (χ4n) is 1.40. The molecule has 3 aromatic rings. The average Bonchev–Trinajstić information content (AvgIpc) is 2.74. The number of nitrogens with zero attached hydrogens (tertiary/aromatic N) is 5. The van der Waals surface area contributed by atoms with E-state index in [-0.39, 0.29) is 0 Å². The Labute approximate surface area is 116 Å². The molecular formula is C9H4Cl2N6S. The van der Waals surface area contributed by atoms with Crippen molar-refractivity contribution in [2.45, 2.75) is 0 Å². The van der Waals surface area contributed by atoms with Crippen molar-refractivity contribution < 1.29 is 0 Å². The molecule has 0 aliphatic rings. The minimum atomic E-state index is 0.309. The van der Waals surface area contributed by atoms with E-state index in [2.05, 4.69) is 25.5 Å². The van der Waals surface area contributed by atoms with Crippen molar-refractivity contribution in [3.05, 3.63) is 33.0 Å². The molecule has 1 aromatic carbocycles. The van der Waals surface area contributed by atoms with Crippen molar-refractivity contribution in [2.24, 2.45) is 0 Å². The number of halogens is 2. The van der Waals surface area contributed by atoms with Crippen LogP contribution in [0.2, 0.25) is 10.0 Å². The number of hydrogen-bond donors (Lipinski definition) is 1. The molecule has 6 nitrogen and oxygen atoms in total.